The van der Waals surface area contributed by atoms with E-state index >= 15 is 0 Å². The van der Waals surface area contributed by atoms with Crippen LogP contribution in [-0.2, 0) is 16.6 Å². The first-order valence-corrected chi connectivity index (χ1v) is 9.72. The van der Waals surface area contributed by atoms with Crippen molar-refractivity contribution in [1.29, 1.82) is 0 Å². The highest BCUT2D eigenvalue weighted by atomic mass is 32.2. The molecule has 0 radical (unpaired) electrons. The summed E-state index contributed by atoms with van der Waals surface area (Å²) in [6, 6.07) is 1.51. The maximum absolute atomic E-state index is 14.5. The van der Waals surface area contributed by atoms with Gasteiger partial charge in [0, 0.05) is 6.54 Å². The fraction of sp³-hybridized carbons (Fsp3) is 0.250. The van der Waals surface area contributed by atoms with E-state index in [0.29, 0.717) is 12.2 Å². The summed E-state index contributed by atoms with van der Waals surface area (Å²) in [7, 11) is -3.74. The molecule has 0 aliphatic heterocycles. The highest BCUT2D eigenvalue weighted by Gasteiger charge is 2.23. The quantitative estimate of drug-likeness (QED) is 0.622. The lowest BCUT2D eigenvalue weighted by Gasteiger charge is -2.11. The molecule has 0 aliphatic rings. The van der Waals surface area contributed by atoms with Gasteiger partial charge in [0.05, 0.1) is 34.3 Å². The number of aromatic nitrogens is 3. The van der Waals surface area contributed by atoms with Gasteiger partial charge in [-0.05, 0) is 26.0 Å². The van der Waals surface area contributed by atoms with Gasteiger partial charge in [-0.2, -0.15) is 5.10 Å². The van der Waals surface area contributed by atoms with Crippen LogP contribution in [0, 0.1) is 18.6 Å². The molecule has 3 aromatic rings. The van der Waals surface area contributed by atoms with E-state index in [4.69, 9.17) is 0 Å². The molecule has 0 saturated heterocycles. The van der Waals surface area contributed by atoms with E-state index in [1.54, 1.807) is 13.8 Å². The molecule has 2 aromatic heterocycles. The van der Waals surface area contributed by atoms with Crippen molar-refractivity contribution in [1.82, 2.24) is 14.8 Å². The lowest BCUT2D eigenvalue weighted by Crippen LogP contribution is -2.11. The van der Waals surface area contributed by atoms with Crippen LogP contribution in [0.2, 0.25) is 0 Å². The molecule has 0 fully saturated rings. The Labute approximate surface area is 152 Å². The molecule has 0 aliphatic carbocycles. The van der Waals surface area contributed by atoms with E-state index in [-0.39, 0.29) is 16.7 Å². The maximum Gasteiger partial charge on any atom is 0.235 e. The third-order valence-electron chi connectivity index (χ3n) is 3.94. The lowest BCUT2D eigenvalue weighted by atomic mass is 10.1. The molecule has 0 spiro atoms. The van der Waals surface area contributed by atoms with Crippen LogP contribution in [0.25, 0.3) is 22.3 Å². The Kier molecular flexibility index (Phi) is 4.42. The highest BCUT2D eigenvalue weighted by molar-refractivity contribution is 7.92. The van der Waals surface area contributed by atoms with E-state index in [0.717, 1.165) is 18.4 Å². The number of fused-ring (bicyclic) bond motifs is 1. The highest BCUT2D eigenvalue weighted by Crippen LogP contribution is 2.33. The molecule has 3 rings (SSSR count). The molecule has 0 saturated carbocycles. The molecule has 27 heavy (non-hydrogen) atoms. The van der Waals surface area contributed by atoms with Gasteiger partial charge in [0.1, 0.15) is 17.3 Å². The zero-order valence-electron chi connectivity index (χ0n) is 14.6. The first kappa shape index (κ1) is 18.8. The lowest BCUT2D eigenvalue weighted by molar-refractivity contribution is 0.469. The number of H-pyrrole nitrogens is 1. The van der Waals surface area contributed by atoms with Crippen LogP contribution in [0.15, 0.2) is 16.9 Å². The molecule has 8 nitrogen and oxygen atoms in total. The molecular formula is C16H16F2N4O4S. The smallest absolute Gasteiger partial charge is 0.235 e. The van der Waals surface area contributed by atoms with Crippen molar-refractivity contribution in [3.8, 4) is 17.0 Å². The molecule has 0 bridgehead atoms. The number of hydrogen-bond acceptors (Lipinski definition) is 5. The van der Waals surface area contributed by atoms with E-state index in [1.165, 1.54) is 4.68 Å². The summed E-state index contributed by atoms with van der Waals surface area (Å²) in [5, 5.41) is 14.5. The fourth-order valence-corrected chi connectivity index (χ4v) is 3.43. The summed E-state index contributed by atoms with van der Waals surface area (Å²) in [6.07, 6.45) is 0.836. The van der Waals surface area contributed by atoms with Crippen molar-refractivity contribution in [2.45, 2.75) is 20.4 Å². The molecule has 0 unspecified atom stereocenters. The van der Waals surface area contributed by atoms with Crippen LogP contribution in [0.3, 0.4) is 0 Å². The van der Waals surface area contributed by atoms with Crippen LogP contribution in [-0.4, -0.2) is 34.5 Å². The van der Waals surface area contributed by atoms with Gasteiger partial charge in [0.25, 0.3) is 0 Å². The van der Waals surface area contributed by atoms with Crippen molar-refractivity contribution < 1.29 is 22.3 Å². The van der Waals surface area contributed by atoms with Crippen LogP contribution in [0.5, 0.6) is 5.75 Å². The zero-order chi connectivity index (χ0) is 20.1. The van der Waals surface area contributed by atoms with Gasteiger partial charge in [0.15, 0.2) is 5.75 Å². The Morgan fingerprint density at radius 1 is 1.30 bits per heavy atom. The molecule has 3 N–H and O–H groups in total. The van der Waals surface area contributed by atoms with Gasteiger partial charge in [-0.1, -0.05) is 0 Å². The summed E-state index contributed by atoms with van der Waals surface area (Å²) in [5.41, 5.74) is -1.70. The van der Waals surface area contributed by atoms with Gasteiger partial charge in [-0.25, -0.2) is 21.9 Å². The third kappa shape index (κ3) is 3.25. The summed E-state index contributed by atoms with van der Waals surface area (Å²) in [6.45, 7) is 3.73. The fourth-order valence-electron chi connectivity index (χ4n) is 2.88. The van der Waals surface area contributed by atoms with E-state index in [9.17, 15) is 27.1 Å². The number of benzene rings is 1. The van der Waals surface area contributed by atoms with E-state index < -0.39 is 44.1 Å². The molecule has 11 heteroatoms. The average molecular weight is 398 g/mol. The van der Waals surface area contributed by atoms with Gasteiger partial charge in [-0.3, -0.25) is 9.52 Å². The van der Waals surface area contributed by atoms with Crippen molar-refractivity contribution in [2.75, 3.05) is 11.0 Å². The van der Waals surface area contributed by atoms with Gasteiger partial charge < -0.3 is 10.1 Å². The molecule has 0 atom stereocenters. The Morgan fingerprint density at radius 2 is 1.89 bits per heavy atom. The van der Waals surface area contributed by atoms with Gasteiger partial charge in [-0.15, -0.1) is 0 Å². The predicted octanol–water partition coefficient (Wildman–Crippen LogP) is 2.08. The SMILES string of the molecule is CCn1nc(C)c2c(=O)c(O)c(-c3c(F)cc(NS(C)(=O)=O)cc3F)[nH]c21. The van der Waals surface area contributed by atoms with Crippen molar-refractivity contribution in [2.24, 2.45) is 0 Å². The van der Waals surface area contributed by atoms with Gasteiger partial charge in [0.2, 0.25) is 15.5 Å². The largest absolute Gasteiger partial charge is 0.503 e. The number of anilines is 1. The topological polar surface area (TPSA) is 117 Å². The van der Waals surface area contributed by atoms with Crippen molar-refractivity contribution in [3.63, 3.8) is 0 Å². The molecule has 1 aromatic carbocycles. The predicted molar refractivity (Wildman–Crippen MR) is 96.2 cm³/mol. The van der Waals surface area contributed by atoms with Crippen LogP contribution in [0.4, 0.5) is 14.5 Å². The number of halogens is 2. The summed E-state index contributed by atoms with van der Waals surface area (Å²) >= 11 is 0. The standard InChI is InChI=1S/C16H16F2N4O4S/c1-4-22-16-11(7(2)20-22)14(23)15(24)13(19-16)12-9(17)5-8(6-10(12)18)21-27(3,25)26/h5-6,21,24H,4H2,1-3H3,(H,19,23). The summed E-state index contributed by atoms with van der Waals surface area (Å²) < 4.78 is 55.0. The molecule has 144 valence electrons. The Bertz CT molecular complexity index is 1210. The van der Waals surface area contributed by atoms with Crippen LogP contribution >= 0.6 is 0 Å². The van der Waals surface area contributed by atoms with Crippen molar-refractivity contribution in [3.05, 3.63) is 39.7 Å². The Morgan fingerprint density at radius 3 is 2.41 bits per heavy atom. The second kappa shape index (κ2) is 6.34. The normalized spacial score (nSPS) is 11.9. The number of aryl methyl sites for hydroxylation is 2. The second-order valence-electron chi connectivity index (χ2n) is 5.99. The minimum atomic E-state index is -3.74. The number of aromatic amines is 1. The minimum Gasteiger partial charge on any atom is -0.503 e. The third-order valence-corrected chi connectivity index (χ3v) is 4.55. The Hall–Kier alpha value is -2.95. The number of pyridine rings is 1. The first-order chi connectivity index (χ1) is 12.5. The zero-order valence-corrected chi connectivity index (χ0v) is 15.4. The number of rotatable bonds is 4. The van der Waals surface area contributed by atoms with Gasteiger partial charge >= 0.3 is 0 Å². The van der Waals surface area contributed by atoms with E-state index in [2.05, 4.69) is 10.1 Å². The summed E-state index contributed by atoms with van der Waals surface area (Å²) in [4.78, 5) is 15.2. The number of hydrogen-bond donors (Lipinski definition) is 3. The monoisotopic (exact) mass is 398 g/mol. The maximum atomic E-state index is 14.5. The summed E-state index contributed by atoms with van der Waals surface area (Å²) in [5.74, 6) is -3.18. The van der Waals surface area contributed by atoms with Crippen molar-refractivity contribution >= 4 is 26.7 Å². The van der Waals surface area contributed by atoms with E-state index in [1.807, 2.05) is 4.72 Å². The minimum absolute atomic E-state index is 0.120. The second-order valence-corrected chi connectivity index (χ2v) is 7.74. The first-order valence-electron chi connectivity index (χ1n) is 7.83. The number of aromatic hydroxyl groups is 1. The molecule has 2 heterocycles. The van der Waals surface area contributed by atoms with Crippen LogP contribution in [0.1, 0.15) is 12.6 Å². The molecular weight excluding hydrogens is 382 g/mol. The van der Waals surface area contributed by atoms with Crippen LogP contribution < -0.4 is 10.2 Å². The Balaban J connectivity index is 2.30. The number of nitrogens with zero attached hydrogens (tertiary/aromatic N) is 2. The number of nitrogens with one attached hydrogen (secondary N) is 2. The number of sulfonamides is 1. The average Bonchev–Trinajstić information content (AvgIpc) is 2.85. The molecule has 0 amide bonds.